The van der Waals surface area contributed by atoms with Gasteiger partial charge in [0.2, 0.25) is 5.91 Å². The third kappa shape index (κ3) is 5.04. The number of amides is 4. The van der Waals surface area contributed by atoms with E-state index in [2.05, 4.69) is 5.32 Å². The molecule has 8 nitrogen and oxygen atoms in total. The molecule has 3 aromatic rings. The molecule has 9 heteroatoms. The number of ether oxygens (including phenoxy) is 2. The molecule has 1 aliphatic heterocycles. The average molecular weight is 480 g/mol. The number of imide groups is 1. The lowest BCUT2D eigenvalue weighted by molar-refractivity contribution is -0.124. The van der Waals surface area contributed by atoms with Crippen LogP contribution in [0.4, 0.5) is 16.2 Å². The van der Waals surface area contributed by atoms with E-state index in [0.717, 1.165) is 9.78 Å². The van der Waals surface area contributed by atoms with Crippen molar-refractivity contribution in [3.63, 3.8) is 0 Å². The van der Waals surface area contributed by atoms with Gasteiger partial charge in [0, 0.05) is 16.6 Å². The maximum Gasteiger partial charge on any atom is 0.332 e. The fourth-order valence-electron chi connectivity index (χ4n) is 3.76. The topological polar surface area (TPSA) is 88.2 Å². The minimum atomic E-state index is -0.927. The standard InChI is InChI=1S/C25H25N3O5S/c1-3-33-19-11-9-17(10-12-19)26-23(29)15-22-24(30)28(18-6-4-7-20(14-18)32-2)25(31)27(22)16-21-8-5-13-34-21/h4-14,22H,3,15-16H2,1-2H3,(H,26,29). The molecule has 0 bridgehead atoms. The Labute approximate surface area is 201 Å². The number of urea groups is 1. The highest BCUT2D eigenvalue weighted by Crippen LogP contribution is 2.31. The van der Waals surface area contributed by atoms with Crippen molar-refractivity contribution in [2.24, 2.45) is 0 Å². The zero-order valence-electron chi connectivity index (χ0n) is 18.9. The van der Waals surface area contributed by atoms with Gasteiger partial charge >= 0.3 is 6.03 Å². The Hall–Kier alpha value is -3.85. The van der Waals surface area contributed by atoms with Gasteiger partial charge in [-0.2, -0.15) is 0 Å². The molecule has 2 aromatic carbocycles. The number of carbonyl (C=O) groups is 3. The van der Waals surface area contributed by atoms with Crippen molar-refractivity contribution < 1.29 is 23.9 Å². The van der Waals surface area contributed by atoms with Crippen molar-refractivity contribution in [1.29, 1.82) is 0 Å². The average Bonchev–Trinajstić information content (AvgIpc) is 3.43. The van der Waals surface area contributed by atoms with Gasteiger partial charge < -0.3 is 19.7 Å². The van der Waals surface area contributed by atoms with Crippen molar-refractivity contribution >= 4 is 40.6 Å². The van der Waals surface area contributed by atoms with Crippen molar-refractivity contribution in [2.45, 2.75) is 25.9 Å². The van der Waals surface area contributed by atoms with E-state index in [1.165, 1.54) is 23.3 Å². The molecule has 1 aliphatic rings. The molecule has 0 aliphatic carbocycles. The predicted octanol–water partition coefficient (Wildman–Crippen LogP) is 4.52. The lowest BCUT2D eigenvalue weighted by Gasteiger charge is -2.21. The van der Waals surface area contributed by atoms with Gasteiger partial charge in [-0.25, -0.2) is 9.69 Å². The summed E-state index contributed by atoms with van der Waals surface area (Å²) in [7, 11) is 1.52. The van der Waals surface area contributed by atoms with Gasteiger partial charge in [-0.05, 0) is 54.8 Å². The number of methoxy groups -OCH3 is 1. The van der Waals surface area contributed by atoms with Gasteiger partial charge in [-0.3, -0.25) is 9.59 Å². The van der Waals surface area contributed by atoms with Crippen LogP contribution < -0.4 is 19.7 Å². The number of rotatable bonds is 9. The first-order valence-corrected chi connectivity index (χ1v) is 11.7. The van der Waals surface area contributed by atoms with Crippen LogP contribution in [0.1, 0.15) is 18.2 Å². The van der Waals surface area contributed by atoms with E-state index in [1.807, 2.05) is 24.4 Å². The number of nitrogens with zero attached hydrogens (tertiary/aromatic N) is 2. The summed E-state index contributed by atoms with van der Waals surface area (Å²) in [6.07, 6.45) is -0.163. The summed E-state index contributed by atoms with van der Waals surface area (Å²) in [4.78, 5) is 43.1. The molecule has 0 radical (unpaired) electrons. The van der Waals surface area contributed by atoms with Gasteiger partial charge in [-0.15, -0.1) is 11.3 Å². The molecule has 1 aromatic heterocycles. The van der Waals surface area contributed by atoms with Crippen LogP contribution in [0.5, 0.6) is 11.5 Å². The van der Waals surface area contributed by atoms with E-state index in [4.69, 9.17) is 9.47 Å². The number of hydrogen-bond donors (Lipinski definition) is 1. The molecule has 176 valence electrons. The lowest BCUT2D eigenvalue weighted by atomic mass is 10.1. The van der Waals surface area contributed by atoms with Crippen LogP contribution >= 0.6 is 11.3 Å². The summed E-state index contributed by atoms with van der Waals surface area (Å²) < 4.78 is 10.7. The molecule has 0 saturated carbocycles. The molecule has 1 saturated heterocycles. The van der Waals surface area contributed by atoms with Crippen LogP contribution in [-0.4, -0.2) is 42.5 Å². The quantitative estimate of drug-likeness (QED) is 0.456. The zero-order chi connectivity index (χ0) is 24.1. The van der Waals surface area contributed by atoms with Crippen molar-refractivity contribution in [1.82, 2.24) is 4.90 Å². The number of benzene rings is 2. The second-order valence-electron chi connectivity index (χ2n) is 7.59. The monoisotopic (exact) mass is 479 g/mol. The Morgan fingerprint density at radius 1 is 1.06 bits per heavy atom. The Bertz CT molecular complexity index is 1160. The summed E-state index contributed by atoms with van der Waals surface area (Å²) >= 11 is 1.49. The van der Waals surface area contributed by atoms with Crippen LogP contribution in [0, 0.1) is 0 Å². The first kappa shape index (κ1) is 23.3. The molecule has 1 N–H and O–H groups in total. The zero-order valence-corrected chi connectivity index (χ0v) is 19.7. The molecule has 1 fully saturated rings. The van der Waals surface area contributed by atoms with Gasteiger partial charge in [0.25, 0.3) is 5.91 Å². The molecular weight excluding hydrogens is 454 g/mol. The Morgan fingerprint density at radius 3 is 2.53 bits per heavy atom. The van der Waals surface area contributed by atoms with Crippen molar-refractivity contribution in [3.8, 4) is 11.5 Å². The highest BCUT2D eigenvalue weighted by molar-refractivity contribution is 7.09. The third-order valence-electron chi connectivity index (χ3n) is 5.36. The van der Waals surface area contributed by atoms with Crippen LogP contribution in [0.3, 0.4) is 0 Å². The minimum absolute atomic E-state index is 0.163. The SMILES string of the molecule is CCOc1ccc(NC(=O)CC2C(=O)N(c3cccc(OC)c3)C(=O)N2Cc2cccs2)cc1. The second-order valence-corrected chi connectivity index (χ2v) is 8.62. The maximum absolute atomic E-state index is 13.4. The van der Waals surface area contributed by atoms with Gasteiger partial charge in [0.1, 0.15) is 17.5 Å². The van der Waals surface area contributed by atoms with Gasteiger partial charge in [-0.1, -0.05) is 12.1 Å². The third-order valence-corrected chi connectivity index (χ3v) is 6.23. The van der Waals surface area contributed by atoms with Crippen LogP contribution in [0.25, 0.3) is 0 Å². The summed E-state index contributed by atoms with van der Waals surface area (Å²) in [5, 5.41) is 4.71. The Kier molecular flexibility index (Phi) is 7.12. The van der Waals surface area contributed by atoms with E-state index >= 15 is 0 Å². The van der Waals surface area contributed by atoms with E-state index in [0.29, 0.717) is 29.5 Å². The Morgan fingerprint density at radius 2 is 1.85 bits per heavy atom. The van der Waals surface area contributed by atoms with Crippen molar-refractivity contribution in [2.75, 3.05) is 23.9 Å². The fourth-order valence-corrected chi connectivity index (χ4v) is 4.46. The minimum Gasteiger partial charge on any atom is -0.497 e. The van der Waals surface area contributed by atoms with Crippen LogP contribution in [-0.2, 0) is 16.1 Å². The first-order chi connectivity index (χ1) is 16.5. The van der Waals surface area contributed by atoms with E-state index in [-0.39, 0.29) is 18.9 Å². The first-order valence-electron chi connectivity index (χ1n) is 10.8. The van der Waals surface area contributed by atoms with Gasteiger partial charge in [0.15, 0.2) is 0 Å². The molecular formula is C25H25N3O5S. The highest BCUT2D eigenvalue weighted by atomic mass is 32.1. The van der Waals surface area contributed by atoms with E-state index in [1.54, 1.807) is 48.5 Å². The van der Waals surface area contributed by atoms with E-state index in [9.17, 15) is 14.4 Å². The predicted molar refractivity (Wildman–Crippen MR) is 130 cm³/mol. The molecule has 1 unspecified atom stereocenters. The molecule has 0 spiro atoms. The number of thiophene rings is 1. The molecule has 4 rings (SSSR count). The van der Waals surface area contributed by atoms with Crippen LogP contribution in [0.15, 0.2) is 66.0 Å². The summed E-state index contributed by atoms with van der Waals surface area (Å²) in [6.45, 7) is 2.68. The molecule has 34 heavy (non-hydrogen) atoms. The molecule has 1 atom stereocenters. The van der Waals surface area contributed by atoms with Crippen molar-refractivity contribution in [3.05, 3.63) is 70.9 Å². The lowest BCUT2D eigenvalue weighted by Crippen LogP contribution is -2.37. The van der Waals surface area contributed by atoms with Crippen LogP contribution in [0.2, 0.25) is 0 Å². The molecule has 2 heterocycles. The normalized spacial score (nSPS) is 15.5. The number of carbonyl (C=O) groups excluding carboxylic acids is 3. The second kappa shape index (κ2) is 10.4. The highest BCUT2D eigenvalue weighted by Gasteiger charge is 2.46. The number of anilines is 2. The largest absolute Gasteiger partial charge is 0.497 e. The number of nitrogens with one attached hydrogen (secondary N) is 1. The summed E-state index contributed by atoms with van der Waals surface area (Å²) in [5.41, 5.74) is 0.986. The maximum atomic E-state index is 13.4. The number of hydrogen-bond acceptors (Lipinski definition) is 6. The summed E-state index contributed by atoms with van der Waals surface area (Å²) in [6, 6.07) is 16.1. The summed E-state index contributed by atoms with van der Waals surface area (Å²) in [5.74, 6) is 0.420. The fraction of sp³-hybridized carbons (Fsp3) is 0.240. The Balaban J connectivity index is 1.55. The van der Waals surface area contributed by atoms with E-state index < -0.39 is 18.0 Å². The smallest absolute Gasteiger partial charge is 0.332 e. The van der Waals surface area contributed by atoms with Gasteiger partial charge in [0.05, 0.1) is 32.4 Å². The molecule has 4 amide bonds.